The Hall–Kier alpha value is -2.89. The molecule has 0 atom stereocenters. The van der Waals surface area contributed by atoms with Crippen LogP contribution in [0.15, 0.2) is 48.5 Å². The number of ether oxygens (including phenoxy) is 1. The van der Waals surface area contributed by atoms with Crippen LogP contribution < -0.4 is 5.32 Å². The molecule has 1 heterocycles. The first-order chi connectivity index (χ1) is 12.3. The molecule has 0 spiro atoms. The third-order valence-corrected chi connectivity index (χ3v) is 3.72. The van der Waals surface area contributed by atoms with E-state index in [0.29, 0.717) is 24.0 Å². The SMILES string of the molecule is CC(C)(C)OC(=O)NCCc1nc2ccc(F)cc2n1-c1ccccc1. The Morgan fingerprint density at radius 1 is 1.19 bits per heavy atom. The molecule has 3 aromatic rings. The second-order valence-corrected chi connectivity index (χ2v) is 7.01. The molecule has 1 aromatic heterocycles. The third kappa shape index (κ3) is 4.20. The zero-order valence-electron chi connectivity index (χ0n) is 15.1. The third-order valence-electron chi connectivity index (χ3n) is 3.72. The van der Waals surface area contributed by atoms with E-state index in [1.165, 1.54) is 12.1 Å². The first-order valence-electron chi connectivity index (χ1n) is 8.53. The largest absolute Gasteiger partial charge is 0.444 e. The molecule has 5 nitrogen and oxygen atoms in total. The topological polar surface area (TPSA) is 56.1 Å². The van der Waals surface area contributed by atoms with Crippen molar-refractivity contribution in [1.29, 1.82) is 0 Å². The summed E-state index contributed by atoms with van der Waals surface area (Å²) in [6.45, 7) is 5.81. The van der Waals surface area contributed by atoms with Crippen molar-refractivity contribution in [3.63, 3.8) is 0 Å². The Morgan fingerprint density at radius 2 is 1.92 bits per heavy atom. The van der Waals surface area contributed by atoms with Crippen molar-refractivity contribution in [3.05, 3.63) is 60.2 Å². The van der Waals surface area contributed by atoms with Crippen molar-refractivity contribution in [2.24, 2.45) is 0 Å². The highest BCUT2D eigenvalue weighted by molar-refractivity contribution is 5.78. The Labute approximate surface area is 151 Å². The van der Waals surface area contributed by atoms with Crippen LogP contribution in [0.2, 0.25) is 0 Å². The lowest BCUT2D eigenvalue weighted by Gasteiger charge is -2.19. The number of nitrogens with one attached hydrogen (secondary N) is 1. The van der Waals surface area contributed by atoms with Crippen LogP contribution in [-0.2, 0) is 11.2 Å². The zero-order chi connectivity index (χ0) is 18.7. The number of benzene rings is 2. The Balaban J connectivity index is 1.85. The molecular weight excluding hydrogens is 333 g/mol. The Bertz CT molecular complexity index is 914. The number of nitrogens with zero attached hydrogens (tertiary/aromatic N) is 2. The van der Waals surface area contributed by atoms with Crippen molar-refractivity contribution < 1.29 is 13.9 Å². The molecule has 0 saturated carbocycles. The summed E-state index contributed by atoms with van der Waals surface area (Å²) < 4.78 is 20.9. The van der Waals surface area contributed by atoms with Crippen LogP contribution in [0.3, 0.4) is 0 Å². The number of halogens is 1. The van der Waals surface area contributed by atoms with E-state index >= 15 is 0 Å². The maximum atomic E-state index is 13.7. The molecule has 0 aliphatic heterocycles. The fourth-order valence-corrected chi connectivity index (χ4v) is 2.72. The Kier molecular flexibility index (Phi) is 4.93. The summed E-state index contributed by atoms with van der Waals surface area (Å²) in [7, 11) is 0. The van der Waals surface area contributed by atoms with Gasteiger partial charge in [-0.1, -0.05) is 18.2 Å². The van der Waals surface area contributed by atoms with Gasteiger partial charge in [0.25, 0.3) is 0 Å². The summed E-state index contributed by atoms with van der Waals surface area (Å²) in [4.78, 5) is 16.4. The number of rotatable bonds is 4. The number of fused-ring (bicyclic) bond motifs is 1. The number of hydrogen-bond donors (Lipinski definition) is 1. The minimum absolute atomic E-state index is 0.312. The van der Waals surface area contributed by atoms with E-state index in [9.17, 15) is 9.18 Å². The molecule has 0 fully saturated rings. The fourth-order valence-electron chi connectivity index (χ4n) is 2.72. The molecule has 2 aromatic carbocycles. The monoisotopic (exact) mass is 355 g/mol. The summed E-state index contributed by atoms with van der Waals surface area (Å²) in [6, 6.07) is 14.2. The number of hydrogen-bond acceptors (Lipinski definition) is 3. The van der Waals surface area contributed by atoms with Gasteiger partial charge in [-0.3, -0.25) is 4.57 Å². The average Bonchev–Trinajstić information content (AvgIpc) is 2.91. The van der Waals surface area contributed by atoms with Gasteiger partial charge in [0.1, 0.15) is 17.2 Å². The molecule has 0 radical (unpaired) electrons. The lowest BCUT2D eigenvalue weighted by atomic mass is 10.2. The number of aromatic nitrogens is 2. The Morgan fingerprint density at radius 3 is 2.62 bits per heavy atom. The van der Waals surface area contributed by atoms with Crippen LogP contribution in [0, 0.1) is 5.82 Å². The van der Waals surface area contributed by atoms with E-state index in [4.69, 9.17) is 4.74 Å². The van der Waals surface area contributed by atoms with Gasteiger partial charge in [0.05, 0.1) is 11.0 Å². The smallest absolute Gasteiger partial charge is 0.407 e. The highest BCUT2D eigenvalue weighted by atomic mass is 19.1. The molecule has 1 amide bonds. The van der Waals surface area contributed by atoms with Gasteiger partial charge in [0, 0.05) is 24.7 Å². The van der Waals surface area contributed by atoms with E-state index in [1.54, 1.807) is 6.07 Å². The van der Waals surface area contributed by atoms with E-state index in [0.717, 1.165) is 11.5 Å². The van der Waals surface area contributed by atoms with Gasteiger partial charge in [-0.2, -0.15) is 0 Å². The van der Waals surface area contributed by atoms with Gasteiger partial charge >= 0.3 is 6.09 Å². The molecular formula is C20H22FN3O2. The zero-order valence-corrected chi connectivity index (χ0v) is 15.1. The predicted molar refractivity (Wildman–Crippen MR) is 99.0 cm³/mol. The summed E-state index contributed by atoms with van der Waals surface area (Å²) in [6.07, 6.45) is 0.0238. The maximum absolute atomic E-state index is 13.7. The molecule has 26 heavy (non-hydrogen) atoms. The van der Waals surface area contributed by atoms with Gasteiger partial charge in [-0.25, -0.2) is 14.2 Å². The number of para-hydroxylation sites is 1. The van der Waals surface area contributed by atoms with Gasteiger partial charge in [-0.05, 0) is 45.0 Å². The number of carbonyl (C=O) groups is 1. The van der Waals surface area contributed by atoms with E-state index in [2.05, 4.69) is 10.3 Å². The van der Waals surface area contributed by atoms with Gasteiger partial charge in [0.15, 0.2) is 0 Å². The van der Waals surface area contributed by atoms with Gasteiger partial charge < -0.3 is 10.1 Å². The lowest BCUT2D eigenvalue weighted by molar-refractivity contribution is 0.0528. The lowest BCUT2D eigenvalue weighted by Crippen LogP contribution is -2.33. The maximum Gasteiger partial charge on any atom is 0.407 e. The normalized spacial score (nSPS) is 11.5. The van der Waals surface area contributed by atoms with Crippen molar-refractivity contribution >= 4 is 17.1 Å². The molecule has 136 valence electrons. The standard InChI is InChI=1S/C20H22FN3O2/c1-20(2,3)26-19(25)22-12-11-18-23-16-10-9-14(21)13-17(16)24(18)15-7-5-4-6-8-15/h4-10,13H,11-12H2,1-3H3,(H,22,25). The molecule has 1 N–H and O–H groups in total. The van der Waals surface area contributed by atoms with Crippen LogP contribution in [0.1, 0.15) is 26.6 Å². The fraction of sp³-hybridized carbons (Fsp3) is 0.300. The highest BCUT2D eigenvalue weighted by Crippen LogP contribution is 2.22. The van der Waals surface area contributed by atoms with Crippen LogP contribution in [0.5, 0.6) is 0 Å². The van der Waals surface area contributed by atoms with Crippen LogP contribution in [0.4, 0.5) is 9.18 Å². The number of amides is 1. The predicted octanol–water partition coefficient (Wildman–Crippen LogP) is 4.23. The van der Waals surface area contributed by atoms with Crippen molar-refractivity contribution in [1.82, 2.24) is 14.9 Å². The number of alkyl carbamates (subject to hydrolysis) is 1. The summed E-state index contributed by atoms with van der Waals surface area (Å²) in [5.41, 5.74) is 1.76. The second kappa shape index (κ2) is 7.15. The molecule has 0 saturated heterocycles. The molecule has 3 rings (SSSR count). The summed E-state index contributed by atoms with van der Waals surface area (Å²) >= 11 is 0. The van der Waals surface area contributed by atoms with Gasteiger partial charge in [-0.15, -0.1) is 0 Å². The van der Waals surface area contributed by atoms with E-state index in [-0.39, 0.29) is 5.82 Å². The summed E-state index contributed by atoms with van der Waals surface area (Å²) in [5.74, 6) is 0.431. The van der Waals surface area contributed by atoms with E-state index < -0.39 is 11.7 Å². The minimum Gasteiger partial charge on any atom is -0.444 e. The quantitative estimate of drug-likeness (QED) is 0.762. The molecule has 0 aliphatic rings. The highest BCUT2D eigenvalue weighted by Gasteiger charge is 2.17. The number of imidazole rings is 1. The molecule has 6 heteroatoms. The first-order valence-corrected chi connectivity index (χ1v) is 8.53. The van der Waals surface area contributed by atoms with Gasteiger partial charge in [0.2, 0.25) is 0 Å². The van der Waals surface area contributed by atoms with Crippen LogP contribution in [0.25, 0.3) is 16.7 Å². The average molecular weight is 355 g/mol. The molecule has 0 aliphatic carbocycles. The molecule has 0 unspecified atom stereocenters. The van der Waals surface area contributed by atoms with Crippen molar-refractivity contribution in [2.45, 2.75) is 32.8 Å². The van der Waals surface area contributed by atoms with Crippen LogP contribution in [-0.4, -0.2) is 27.8 Å². The second-order valence-electron chi connectivity index (χ2n) is 7.01. The van der Waals surface area contributed by atoms with Crippen molar-refractivity contribution in [2.75, 3.05) is 6.54 Å². The summed E-state index contributed by atoms with van der Waals surface area (Å²) in [5, 5.41) is 2.73. The van der Waals surface area contributed by atoms with E-state index in [1.807, 2.05) is 55.7 Å². The number of carbonyl (C=O) groups excluding carboxylic acids is 1. The molecule has 0 bridgehead atoms. The minimum atomic E-state index is -0.543. The first kappa shape index (κ1) is 17.9. The van der Waals surface area contributed by atoms with Crippen molar-refractivity contribution in [3.8, 4) is 5.69 Å². The van der Waals surface area contributed by atoms with Crippen LogP contribution >= 0.6 is 0 Å².